The SMILES string of the molecule is CC1=NN(c2ccc(S(=O)(=O)[O-])cc2C)C(=O)C1.[Na+]. The van der Waals surface area contributed by atoms with Gasteiger partial charge in [0.25, 0.3) is 5.91 Å². The summed E-state index contributed by atoms with van der Waals surface area (Å²) in [5, 5.41) is 5.29. The Morgan fingerprint density at radius 3 is 2.37 bits per heavy atom. The molecule has 0 spiro atoms. The maximum absolute atomic E-state index is 11.7. The summed E-state index contributed by atoms with van der Waals surface area (Å²) in [6.45, 7) is 3.37. The minimum Gasteiger partial charge on any atom is -0.744 e. The van der Waals surface area contributed by atoms with Gasteiger partial charge in [-0.2, -0.15) is 5.10 Å². The van der Waals surface area contributed by atoms with Gasteiger partial charge in [0.15, 0.2) is 0 Å². The van der Waals surface area contributed by atoms with E-state index >= 15 is 0 Å². The quantitative estimate of drug-likeness (QED) is 0.466. The molecular formula is C11H11N2NaO4S. The van der Waals surface area contributed by atoms with Gasteiger partial charge in [0, 0.05) is 5.71 Å². The van der Waals surface area contributed by atoms with Crippen LogP contribution in [0.15, 0.2) is 28.2 Å². The number of anilines is 1. The van der Waals surface area contributed by atoms with Gasteiger partial charge >= 0.3 is 29.6 Å². The first-order chi connectivity index (χ1) is 8.29. The molecule has 2 rings (SSSR count). The molecule has 0 saturated carbocycles. The van der Waals surface area contributed by atoms with Crippen LogP contribution in [0.3, 0.4) is 0 Å². The predicted molar refractivity (Wildman–Crippen MR) is 64.4 cm³/mol. The van der Waals surface area contributed by atoms with Crippen LogP contribution in [0.1, 0.15) is 18.9 Å². The zero-order valence-electron chi connectivity index (χ0n) is 10.9. The monoisotopic (exact) mass is 290 g/mol. The molecule has 6 nitrogen and oxygen atoms in total. The zero-order valence-corrected chi connectivity index (χ0v) is 13.7. The van der Waals surface area contributed by atoms with Crippen LogP contribution in [0.5, 0.6) is 0 Å². The summed E-state index contributed by atoms with van der Waals surface area (Å²) in [7, 11) is -4.48. The van der Waals surface area contributed by atoms with E-state index in [0.717, 1.165) is 0 Å². The molecule has 0 radical (unpaired) electrons. The third-order valence-electron chi connectivity index (χ3n) is 2.60. The van der Waals surface area contributed by atoms with Crippen LogP contribution in [0, 0.1) is 6.92 Å². The third-order valence-corrected chi connectivity index (χ3v) is 3.43. The minimum absolute atomic E-state index is 0. The van der Waals surface area contributed by atoms with Crippen molar-refractivity contribution in [2.24, 2.45) is 5.10 Å². The van der Waals surface area contributed by atoms with E-state index in [1.165, 1.54) is 23.2 Å². The summed E-state index contributed by atoms with van der Waals surface area (Å²) in [6.07, 6.45) is 0.251. The Balaban J connectivity index is 0.00000180. The summed E-state index contributed by atoms with van der Waals surface area (Å²) in [6, 6.07) is 3.84. The van der Waals surface area contributed by atoms with Crippen LogP contribution in [-0.2, 0) is 14.9 Å². The second-order valence-corrected chi connectivity index (χ2v) is 5.50. The van der Waals surface area contributed by atoms with Crippen molar-refractivity contribution in [2.75, 3.05) is 5.01 Å². The molecule has 0 unspecified atom stereocenters. The first kappa shape index (κ1) is 16.3. The van der Waals surface area contributed by atoms with Gasteiger partial charge < -0.3 is 4.55 Å². The maximum atomic E-state index is 11.7. The Morgan fingerprint density at radius 2 is 1.95 bits per heavy atom. The molecule has 0 atom stereocenters. The molecule has 0 N–H and O–H groups in total. The van der Waals surface area contributed by atoms with Gasteiger partial charge in [0.2, 0.25) is 0 Å². The third kappa shape index (κ3) is 3.43. The number of amides is 1. The van der Waals surface area contributed by atoms with Crippen molar-refractivity contribution >= 4 is 27.4 Å². The Bertz CT molecular complexity index is 655. The number of benzene rings is 1. The number of hydrogen-bond acceptors (Lipinski definition) is 5. The van der Waals surface area contributed by atoms with Crippen molar-refractivity contribution in [3.8, 4) is 0 Å². The second-order valence-electron chi connectivity index (χ2n) is 4.12. The van der Waals surface area contributed by atoms with Gasteiger partial charge in [-0.05, 0) is 37.6 Å². The van der Waals surface area contributed by atoms with Crippen molar-refractivity contribution in [3.63, 3.8) is 0 Å². The number of carbonyl (C=O) groups is 1. The molecule has 1 aliphatic heterocycles. The fourth-order valence-corrected chi connectivity index (χ4v) is 2.32. The van der Waals surface area contributed by atoms with E-state index in [2.05, 4.69) is 5.10 Å². The van der Waals surface area contributed by atoms with Gasteiger partial charge in [-0.15, -0.1) is 0 Å². The Labute approximate surface area is 133 Å². The normalized spacial score (nSPS) is 15.2. The van der Waals surface area contributed by atoms with Gasteiger partial charge in [0.05, 0.1) is 17.0 Å². The van der Waals surface area contributed by atoms with Crippen LogP contribution in [0.4, 0.5) is 5.69 Å². The van der Waals surface area contributed by atoms with E-state index in [-0.39, 0.29) is 46.8 Å². The summed E-state index contributed by atoms with van der Waals surface area (Å²) in [5.74, 6) is -0.173. The van der Waals surface area contributed by atoms with Crippen LogP contribution in [0.2, 0.25) is 0 Å². The van der Waals surface area contributed by atoms with Crippen LogP contribution in [0.25, 0.3) is 0 Å². The van der Waals surface area contributed by atoms with E-state index in [0.29, 0.717) is 17.0 Å². The molecule has 19 heavy (non-hydrogen) atoms. The van der Waals surface area contributed by atoms with Gasteiger partial charge in [-0.1, -0.05) is 0 Å². The second kappa shape index (κ2) is 5.72. The average Bonchev–Trinajstić information content (AvgIpc) is 2.56. The predicted octanol–water partition coefficient (Wildman–Crippen LogP) is -1.98. The van der Waals surface area contributed by atoms with Gasteiger partial charge in [-0.3, -0.25) is 4.79 Å². The molecule has 1 aromatic carbocycles. The molecule has 1 aromatic rings. The molecular weight excluding hydrogens is 279 g/mol. The number of carbonyl (C=O) groups excluding carboxylic acids is 1. The molecule has 0 aromatic heterocycles. The number of nitrogens with zero attached hydrogens (tertiary/aromatic N) is 2. The number of rotatable bonds is 2. The topological polar surface area (TPSA) is 89.9 Å². The summed E-state index contributed by atoms with van der Waals surface area (Å²) in [4.78, 5) is 11.3. The fraction of sp³-hybridized carbons (Fsp3) is 0.273. The van der Waals surface area contributed by atoms with Crippen molar-refractivity contribution in [1.29, 1.82) is 0 Å². The molecule has 8 heteroatoms. The number of hydrazone groups is 1. The average molecular weight is 290 g/mol. The van der Waals surface area contributed by atoms with Crippen molar-refractivity contribution < 1.29 is 47.3 Å². The first-order valence-electron chi connectivity index (χ1n) is 5.22. The molecule has 0 bridgehead atoms. The van der Waals surface area contributed by atoms with E-state index in [9.17, 15) is 17.8 Å². The maximum Gasteiger partial charge on any atom is 1.00 e. The van der Waals surface area contributed by atoms with Crippen LogP contribution >= 0.6 is 0 Å². The molecule has 1 heterocycles. The van der Waals surface area contributed by atoms with E-state index < -0.39 is 10.1 Å². The molecule has 0 saturated heterocycles. The Kier molecular flexibility index (Phi) is 4.91. The van der Waals surface area contributed by atoms with E-state index in [1.54, 1.807) is 13.8 Å². The van der Waals surface area contributed by atoms with E-state index in [1.807, 2.05) is 0 Å². The smallest absolute Gasteiger partial charge is 0.744 e. The zero-order chi connectivity index (χ0) is 13.5. The minimum atomic E-state index is -4.48. The van der Waals surface area contributed by atoms with Crippen LogP contribution in [-0.4, -0.2) is 24.6 Å². The molecule has 0 fully saturated rings. The number of aryl methyl sites for hydroxylation is 1. The first-order valence-corrected chi connectivity index (χ1v) is 6.63. The molecule has 0 aliphatic carbocycles. The number of hydrogen-bond donors (Lipinski definition) is 0. The summed E-state index contributed by atoms with van der Waals surface area (Å²) >= 11 is 0. The summed E-state index contributed by atoms with van der Waals surface area (Å²) in [5.41, 5.74) is 1.70. The largest absolute Gasteiger partial charge is 1.00 e. The Morgan fingerprint density at radius 1 is 1.32 bits per heavy atom. The molecule has 1 amide bonds. The van der Waals surface area contributed by atoms with Crippen molar-refractivity contribution in [3.05, 3.63) is 23.8 Å². The van der Waals surface area contributed by atoms with Gasteiger partial charge in [0.1, 0.15) is 10.1 Å². The van der Waals surface area contributed by atoms with Crippen molar-refractivity contribution in [2.45, 2.75) is 25.2 Å². The van der Waals surface area contributed by atoms with E-state index in [4.69, 9.17) is 0 Å². The fourth-order valence-electron chi connectivity index (χ4n) is 1.76. The van der Waals surface area contributed by atoms with Crippen LogP contribution < -0.4 is 34.6 Å². The Hall–Kier alpha value is -0.730. The standard InChI is InChI=1S/C11H12N2O4S.Na/c1-7-5-9(18(15,16)17)3-4-10(7)13-11(14)6-8(2)12-13;/h3-5H,6H2,1-2H3,(H,15,16,17);/q;+1/p-1. The molecule has 96 valence electrons. The van der Waals surface area contributed by atoms with Crippen molar-refractivity contribution in [1.82, 2.24) is 0 Å². The van der Waals surface area contributed by atoms with Gasteiger partial charge in [-0.25, -0.2) is 13.4 Å². The molecule has 1 aliphatic rings. The summed E-state index contributed by atoms with van der Waals surface area (Å²) < 4.78 is 32.6.